The van der Waals surface area contributed by atoms with Gasteiger partial charge in [-0.15, -0.1) is 11.3 Å². The Balaban J connectivity index is 1.76. The van der Waals surface area contributed by atoms with E-state index in [0.717, 1.165) is 11.4 Å². The van der Waals surface area contributed by atoms with Gasteiger partial charge in [0.1, 0.15) is 5.75 Å². The average molecular weight is 318 g/mol. The highest BCUT2D eigenvalue weighted by molar-refractivity contribution is 7.09. The summed E-state index contributed by atoms with van der Waals surface area (Å²) in [6.45, 7) is 1.13. The third kappa shape index (κ3) is 3.10. The molecule has 0 amide bonds. The highest BCUT2D eigenvalue weighted by atomic mass is 32.1. The smallest absolute Gasteiger partial charge is 0.431 e. The Bertz CT molecular complexity index is 775. The van der Waals surface area contributed by atoms with Crippen molar-refractivity contribution in [3.05, 3.63) is 62.8 Å². The molecule has 1 aromatic carbocycles. The standard InChI is InChI=1S/C15H15N3O3S/c1-20-12-6-4-11(5-7-12)18-14(15(19)21-17-18)10-16-9-13-3-2-8-22-13/h2-8,16H,9-10H2,1H3/p+1. The number of hydrogen-bond donors (Lipinski definition) is 2. The summed E-state index contributed by atoms with van der Waals surface area (Å²) >= 11 is 1.68. The number of aromatic amines is 1. The molecular formula is C15H16N3O3S+. The molecule has 0 fully saturated rings. The second kappa shape index (κ2) is 6.59. The topological polar surface area (TPSA) is 71.1 Å². The van der Waals surface area contributed by atoms with Gasteiger partial charge in [-0.2, -0.15) is 0 Å². The van der Waals surface area contributed by atoms with E-state index in [4.69, 9.17) is 9.26 Å². The lowest BCUT2D eigenvalue weighted by molar-refractivity contribution is -0.677. The summed E-state index contributed by atoms with van der Waals surface area (Å²) in [5.74, 6) is 0.757. The van der Waals surface area contributed by atoms with E-state index >= 15 is 0 Å². The zero-order valence-corrected chi connectivity index (χ0v) is 12.9. The van der Waals surface area contributed by atoms with E-state index in [9.17, 15) is 4.79 Å². The van der Waals surface area contributed by atoms with Crippen LogP contribution >= 0.6 is 11.3 Å². The lowest BCUT2D eigenvalue weighted by Crippen LogP contribution is -2.40. The maximum Gasteiger partial charge on any atom is 0.431 e. The Labute approximate surface area is 130 Å². The molecule has 7 heteroatoms. The van der Waals surface area contributed by atoms with Crippen molar-refractivity contribution >= 4 is 11.3 Å². The molecule has 0 saturated carbocycles. The summed E-state index contributed by atoms with van der Waals surface area (Å²) in [7, 11) is 1.61. The predicted molar refractivity (Wildman–Crippen MR) is 82.3 cm³/mol. The Kier molecular flexibility index (Phi) is 4.36. The van der Waals surface area contributed by atoms with E-state index in [-0.39, 0.29) is 5.63 Å². The Morgan fingerprint density at radius 2 is 2.09 bits per heavy atom. The first-order valence-electron chi connectivity index (χ1n) is 6.78. The van der Waals surface area contributed by atoms with Crippen molar-refractivity contribution < 1.29 is 13.9 Å². The molecule has 0 unspecified atom stereocenters. The first kappa shape index (κ1) is 14.6. The number of ether oxygens (including phenoxy) is 1. The van der Waals surface area contributed by atoms with E-state index in [0.29, 0.717) is 18.8 Å². The fourth-order valence-electron chi connectivity index (χ4n) is 2.10. The molecule has 0 spiro atoms. The molecule has 0 radical (unpaired) electrons. The Hall–Kier alpha value is -2.38. The zero-order valence-electron chi connectivity index (χ0n) is 12.0. The average Bonchev–Trinajstić information content (AvgIpc) is 3.18. The molecule has 0 aliphatic rings. The summed E-state index contributed by atoms with van der Waals surface area (Å²) in [6.07, 6.45) is 0. The maximum absolute atomic E-state index is 11.8. The molecule has 2 heterocycles. The highest BCUT2D eigenvalue weighted by Gasteiger charge is 2.22. The van der Waals surface area contributed by atoms with Crippen LogP contribution in [0, 0.1) is 0 Å². The first-order valence-corrected chi connectivity index (χ1v) is 7.66. The van der Waals surface area contributed by atoms with Crippen LogP contribution in [0.5, 0.6) is 5.75 Å². The Morgan fingerprint density at radius 1 is 1.27 bits per heavy atom. The van der Waals surface area contributed by atoms with Crippen molar-refractivity contribution in [3.8, 4) is 11.4 Å². The molecule has 0 bridgehead atoms. The molecule has 3 aromatic rings. The first-order chi connectivity index (χ1) is 10.8. The van der Waals surface area contributed by atoms with Gasteiger partial charge in [-0.25, -0.2) is 4.79 Å². The van der Waals surface area contributed by atoms with Crippen molar-refractivity contribution in [1.29, 1.82) is 0 Å². The molecule has 0 aliphatic carbocycles. The van der Waals surface area contributed by atoms with Gasteiger partial charge in [0.05, 0.1) is 13.7 Å². The number of nitrogens with one attached hydrogen (secondary N) is 2. The lowest BCUT2D eigenvalue weighted by atomic mass is 10.3. The SMILES string of the molecule is COc1ccc(-[n+]2[nH]oc(=O)c2CNCc2cccs2)cc1. The molecule has 22 heavy (non-hydrogen) atoms. The third-order valence-corrected chi connectivity index (χ3v) is 4.11. The van der Waals surface area contributed by atoms with Gasteiger partial charge < -0.3 is 10.1 Å². The van der Waals surface area contributed by atoms with Crippen LogP contribution in [0.1, 0.15) is 10.6 Å². The molecule has 6 nitrogen and oxygen atoms in total. The summed E-state index contributed by atoms with van der Waals surface area (Å²) in [6, 6.07) is 11.4. The monoisotopic (exact) mass is 318 g/mol. The number of H-pyrrole nitrogens is 1. The summed E-state index contributed by atoms with van der Waals surface area (Å²) < 4.78 is 11.7. The molecule has 0 saturated heterocycles. The molecule has 3 rings (SSSR count). The summed E-state index contributed by atoms with van der Waals surface area (Å²) in [5, 5.41) is 7.90. The van der Waals surface area contributed by atoms with Crippen molar-refractivity contribution in [2.75, 3.05) is 7.11 Å². The minimum atomic E-state index is -0.380. The number of thiophene rings is 1. The van der Waals surface area contributed by atoms with Crippen molar-refractivity contribution in [2.45, 2.75) is 13.1 Å². The molecule has 114 valence electrons. The van der Waals surface area contributed by atoms with Crippen molar-refractivity contribution in [3.63, 3.8) is 0 Å². The van der Waals surface area contributed by atoms with Crippen LogP contribution in [0.4, 0.5) is 0 Å². The van der Waals surface area contributed by atoms with Gasteiger partial charge in [0, 0.05) is 23.6 Å². The normalized spacial score (nSPS) is 10.8. The zero-order chi connectivity index (χ0) is 15.4. The van der Waals surface area contributed by atoms with Crippen LogP contribution in [0.3, 0.4) is 0 Å². The minimum Gasteiger partial charge on any atom is -0.497 e. The minimum absolute atomic E-state index is 0.380. The van der Waals surface area contributed by atoms with Crippen LogP contribution in [0.15, 0.2) is 51.1 Å². The van der Waals surface area contributed by atoms with Crippen LogP contribution in [-0.2, 0) is 13.1 Å². The van der Waals surface area contributed by atoms with Gasteiger partial charge in [0.15, 0.2) is 0 Å². The van der Waals surface area contributed by atoms with E-state index in [1.165, 1.54) is 4.88 Å². The van der Waals surface area contributed by atoms with E-state index in [1.807, 2.05) is 35.7 Å². The number of nitrogens with zero attached hydrogens (tertiary/aromatic N) is 1. The second-order valence-electron chi connectivity index (χ2n) is 4.64. The largest absolute Gasteiger partial charge is 0.497 e. The number of benzene rings is 1. The van der Waals surface area contributed by atoms with Crippen molar-refractivity contribution in [1.82, 2.24) is 10.6 Å². The fourth-order valence-corrected chi connectivity index (χ4v) is 2.78. The number of hydrogen-bond acceptors (Lipinski definition) is 5. The summed E-state index contributed by atoms with van der Waals surface area (Å²) in [5.41, 5.74) is 0.941. The van der Waals surface area contributed by atoms with E-state index < -0.39 is 0 Å². The van der Waals surface area contributed by atoms with Crippen LogP contribution in [0.2, 0.25) is 0 Å². The number of rotatable bonds is 6. The molecular weight excluding hydrogens is 302 g/mol. The summed E-state index contributed by atoms with van der Waals surface area (Å²) in [4.78, 5) is 13.1. The van der Waals surface area contributed by atoms with Crippen LogP contribution in [-0.4, -0.2) is 12.4 Å². The van der Waals surface area contributed by atoms with Gasteiger partial charge >= 0.3 is 11.3 Å². The van der Waals surface area contributed by atoms with Gasteiger partial charge in [-0.3, -0.25) is 4.52 Å². The molecule has 0 aliphatic heterocycles. The van der Waals surface area contributed by atoms with E-state index in [2.05, 4.69) is 16.7 Å². The second-order valence-corrected chi connectivity index (χ2v) is 5.68. The van der Waals surface area contributed by atoms with Gasteiger partial charge in [0.2, 0.25) is 5.69 Å². The van der Waals surface area contributed by atoms with Gasteiger partial charge in [-0.05, 0) is 33.5 Å². The number of methoxy groups -OCH3 is 1. The molecule has 2 aromatic heterocycles. The lowest BCUT2D eigenvalue weighted by Gasteiger charge is -2.00. The van der Waals surface area contributed by atoms with Crippen LogP contribution < -0.4 is 20.4 Å². The number of aromatic nitrogens is 2. The van der Waals surface area contributed by atoms with E-state index in [1.54, 1.807) is 23.1 Å². The molecule has 0 atom stereocenters. The third-order valence-electron chi connectivity index (χ3n) is 3.24. The van der Waals surface area contributed by atoms with Gasteiger partial charge in [-0.1, -0.05) is 6.07 Å². The fraction of sp³-hybridized carbons (Fsp3) is 0.200. The molecule has 2 N–H and O–H groups in total. The maximum atomic E-state index is 11.8. The van der Waals surface area contributed by atoms with Gasteiger partial charge in [0.25, 0.3) is 0 Å². The Morgan fingerprint density at radius 3 is 2.77 bits per heavy atom. The highest BCUT2D eigenvalue weighted by Crippen LogP contribution is 2.11. The quantitative estimate of drug-likeness (QED) is 0.677. The van der Waals surface area contributed by atoms with Crippen molar-refractivity contribution in [2.24, 2.45) is 0 Å². The predicted octanol–water partition coefficient (Wildman–Crippen LogP) is 1.60. The van der Waals surface area contributed by atoms with Crippen LogP contribution in [0.25, 0.3) is 5.69 Å².